The molecule has 1 amide bonds. The van der Waals surface area contributed by atoms with Crippen LogP contribution in [0.1, 0.15) is 26.3 Å². The highest BCUT2D eigenvalue weighted by Crippen LogP contribution is 2.16. The first-order valence-electron chi connectivity index (χ1n) is 6.49. The molecule has 0 N–H and O–H groups in total. The summed E-state index contributed by atoms with van der Waals surface area (Å²) >= 11 is 3.26. The monoisotopic (exact) mass is 327 g/mol. The number of hydrogen-bond acceptors (Lipinski definition) is 2. The first-order chi connectivity index (χ1) is 8.95. The Morgan fingerprint density at radius 1 is 1.26 bits per heavy atom. The van der Waals surface area contributed by atoms with Gasteiger partial charge in [0.05, 0.1) is 0 Å². The summed E-state index contributed by atoms with van der Waals surface area (Å²) in [5, 5.41) is 0.662. The van der Waals surface area contributed by atoms with Crippen molar-refractivity contribution >= 4 is 22.0 Å². The van der Waals surface area contributed by atoms with Crippen molar-refractivity contribution in [2.75, 3.05) is 18.5 Å². The lowest BCUT2D eigenvalue weighted by Gasteiger charge is -2.34. The molecule has 0 fully saturated rings. The molecule has 0 aliphatic rings. The smallest absolute Gasteiger partial charge is 0.410 e. The van der Waals surface area contributed by atoms with Gasteiger partial charge in [0.1, 0.15) is 6.61 Å². The summed E-state index contributed by atoms with van der Waals surface area (Å²) in [7, 11) is 0. The molecule has 0 saturated heterocycles. The Bertz CT molecular complexity index is 387. The van der Waals surface area contributed by atoms with E-state index in [9.17, 15) is 4.79 Å². The van der Waals surface area contributed by atoms with E-state index >= 15 is 0 Å². The van der Waals surface area contributed by atoms with Gasteiger partial charge in [0.25, 0.3) is 0 Å². The van der Waals surface area contributed by atoms with E-state index in [0.717, 1.165) is 6.42 Å². The van der Waals surface area contributed by atoms with Gasteiger partial charge in [-0.1, -0.05) is 46.3 Å². The van der Waals surface area contributed by atoms with Crippen molar-refractivity contribution in [3.63, 3.8) is 0 Å². The van der Waals surface area contributed by atoms with Crippen LogP contribution in [-0.4, -0.2) is 35.0 Å². The van der Waals surface area contributed by atoms with E-state index in [1.807, 2.05) is 39.0 Å². The SMILES string of the molecule is CC(C)(C)N(CCc1ccccc1)C(=O)OCCBr. The van der Waals surface area contributed by atoms with Crippen molar-refractivity contribution < 1.29 is 9.53 Å². The van der Waals surface area contributed by atoms with Crippen LogP contribution in [-0.2, 0) is 11.2 Å². The van der Waals surface area contributed by atoms with Crippen molar-refractivity contribution in [3.8, 4) is 0 Å². The van der Waals surface area contributed by atoms with Crippen LogP contribution in [0.25, 0.3) is 0 Å². The van der Waals surface area contributed by atoms with E-state index in [1.165, 1.54) is 5.56 Å². The molecule has 0 saturated carbocycles. The number of nitrogens with zero attached hydrogens (tertiary/aromatic N) is 1. The van der Waals surface area contributed by atoms with Crippen molar-refractivity contribution in [1.29, 1.82) is 0 Å². The summed E-state index contributed by atoms with van der Waals surface area (Å²) < 4.78 is 5.21. The predicted molar refractivity (Wildman–Crippen MR) is 81.7 cm³/mol. The quantitative estimate of drug-likeness (QED) is 0.768. The predicted octanol–water partition coefficient (Wildman–Crippen LogP) is 3.86. The molecule has 0 radical (unpaired) electrons. The Labute approximate surface area is 124 Å². The maximum Gasteiger partial charge on any atom is 0.410 e. The number of ether oxygens (including phenoxy) is 1. The zero-order valence-corrected chi connectivity index (χ0v) is 13.4. The molecule has 1 rings (SSSR count). The first kappa shape index (κ1) is 16.0. The molecule has 3 nitrogen and oxygen atoms in total. The molecule has 0 unspecified atom stereocenters. The molecule has 106 valence electrons. The van der Waals surface area contributed by atoms with E-state index in [2.05, 4.69) is 28.1 Å². The fraction of sp³-hybridized carbons (Fsp3) is 0.533. The largest absolute Gasteiger partial charge is 0.449 e. The minimum absolute atomic E-state index is 0.238. The number of rotatable bonds is 5. The van der Waals surface area contributed by atoms with Gasteiger partial charge in [0.15, 0.2) is 0 Å². The summed E-state index contributed by atoms with van der Waals surface area (Å²) in [4.78, 5) is 13.8. The lowest BCUT2D eigenvalue weighted by atomic mass is 10.1. The van der Waals surface area contributed by atoms with E-state index in [4.69, 9.17) is 4.74 Å². The lowest BCUT2D eigenvalue weighted by molar-refractivity contribution is 0.0727. The van der Waals surface area contributed by atoms with Gasteiger partial charge in [-0.15, -0.1) is 0 Å². The maximum atomic E-state index is 12.1. The number of alkyl halides is 1. The molecule has 0 bridgehead atoms. The molecule has 0 aliphatic heterocycles. The van der Waals surface area contributed by atoms with Gasteiger partial charge in [0, 0.05) is 17.4 Å². The van der Waals surface area contributed by atoms with Gasteiger partial charge >= 0.3 is 6.09 Å². The Morgan fingerprint density at radius 2 is 1.89 bits per heavy atom. The second-order valence-electron chi connectivity index (χ2n) is 5.36. The van der Waals surface area contributed by atoms with Crippen LogP contribution >= 0.6 is 15.9 Å². The van der Waals surface area contributed by atoms with Crippen molar-refractivity contribution in [2.24, 2.45) is 0 Å². The van der Waals surface area contributed by atoms with Crippen LogP contribution < -0.4 is 0 Å². The molecule has 0 heterocycles. The topological polar surface area (TPSA) is 29.5 Å². The summed E-state index contributed by atoms with van der Waals surface area (Å²) in [5.74, 6) is 0. The van der Waals surface area contributed by atoms with E-state index in [-0.39, 0.29) is 11.6 Å². The van der Waals surface area contributed by atoms with Crippen LogP contribution in [0, 0.1) is 0 Å². The van der Waals surface area contributed by atoms with Crippen LogP contribution in [0.3, 0.4) is 0 Å². The van der Waals surface area contributed by atoms with Crippen molar-refractivity contribution in [2.45, 2.75) is 32.7 Å². The number of carbonyl (C=O) groups is 1. The van der Waals surface area contributed by atoms with Gasteiger partial charge in [0.2, 0.25) is 0 Å². The van der Waals surface area contributed by atoms with Crippen LogP contribution in [0.2, 0.25) is 0 Å². The molecule has 0 aromatic heterocycles. The zero-order chi connectivity index (χ0) is 14.3. The lowest BCUT2D eigenvalue weighted by Crippen LogP contribution is -2.47. The van der Waals surface area contributed by atoms with E-state index < -0.39 is 0 Å². The third-order valence-corrected chi connectivity index (χ3v) is 3.12. The minimum Gasteiger partial charge on any atom is -0.449 e. The van der Waals surface area contributed by atoms with Gasteiger partial charge in [-0.05, 0) is 32.8 Å². The number of amides is 1. The summed E-state index contributed by atoms with van der Waals surface area (Å²) in [5.41, 5.74) is 0.989. The third kappa shape index (κ3) is 5.64. The standard InChI is InChI=1S/C15H22BrNO2/c1-15(2,3)17(14(18)19-12-10-16)11-9-13-7-5-4-6-8-13/h4-8H,9-12H2,1-3H3. The molecule has 0 spiro atoms. The molecule has 0 atom stereocenters. The molecular weight excluding hydrogens is 306 g/mol. The second kappa shape index (κ2) is 7.53. The van der Waals surface area contributed by atoms with Gasteiger partial charge in [-0.2, -0.15) is 0 Å². The van der Waals surface area contributed by atoms with Gasteiger partial charge in [-0.3, -0.25) is 0 Å². The maximum absolute atomic E-state index is 12.1. The molecule has 1 aromatic rings. The number of benzene rings is 1. The van der Waals surface area contributed by atoms with E-state index in [1.54, 1.807) is 4.90 Å². The first-order valence-corrected chi connectivity index (χ1v) is 7.61. The fourth-order valence-corrected chi connectivity index (χ4v) is 1.95. The average molecular weight is 328 g/mol. The number of carbonyl (C=O) groups excluding carboxylic acids is 1. The average Bonchev–Trinajstić information content (AvgIpc) is 2.36. The highest BCUT2D eigenvalue weighted by Gasteiger charge is 2.27. The molecular formula is C15H22BrNO2. The van der Waals surface area contributed by atoms with E-state index in [0.29, 0.717) is 18.5 Å². The Hall–Kier alpha value is -1.03. The summed E-state index contributed by atoms with van der Waals surface area (Å²) in [6, 6.07) is 10.2. The van der Waals surface area contributed by atoms with Crippen LogP contribution in [0.5, 0.6) is 0 Å². The Balaban J connectivity index is 2.63. The van der Waals surface area contributed by atoms with Crippen LogP contribution in [0.15, 0.2) is 30.3 Å². The summed E-state index contributed by atoms with van der Waals surface area (Å²) in [6.45, 7) is 7.12. The Kier molecular flexibility index (Phi) is 6.35. The Morgan fingerprint density at radius 3 is 2.42 bits per heavy atom. The summed E-state index contributed by atoms with van der Waals surface area (Å²) in [6.07, 6.45) is 0.588. The van der Waals surface area contributed by atoms with Crippen molar-refractivity contribution in [1.82, 2.24) is 4.90 Å². The molecule has 0 aliphatic carbocycles. The number of halogens is 1. The van der Waals surface area contributed by atoms with Crippen molar-refractivity contribution in [3.05, 3.63) is 35.9 Å². The minimum atomic E-state index is -0.247. The zero-order valence-electron chi connectivity index (χ0n) is 11.9. The molecule has 19 heavy (non-hydrogen) atoms. The highest BCUT2D eigenvalue weighted by molar-refractivity contribution is 9.09. The molecule has 1 aromatic carbocycles. The molecule has 4 heteroatoms. The van der Waals surface area contributed by atoms with Gasteiger partial charge < -0.3 is 9.64 Å². The normalized spacial score (nSPS) is 11.2. The fourth-order valence-electron chi connectivity index (χ4n) is 1.79. The highest BCUT2D eigenvalue weighted by atomic mass is 79.9. The second-order valence-corrected chi connectivity index (χ2v) is 6.15. The third-order valence-electron chi connectivity index (χ3n) is 2.80. The van der Waals surface area contributed by atoms with Crippen LogP contribution in [0.4, 0.5) is 4.79 Å². The number of hydrogen-bond donors (Lipinski definition) is 0. The van der Waals surface area contributed by atoms with Gasteiger partial charge in [-0.25, -0.2) is 4.79 Å².